The molecule has 0 fully saturated rings. The molecule has 2 N–H and O–H groups in total. The van der Waals surface area contributed by atoms with E-state index < -0.39 is 0 Å². The summed E-state index contributed by atoms with van der Waals surface area (Å²) in [6.07, 6.45) is 1.60. The van der Waals surface area contributed by atoms with Crippen LogP contribution in [0.4, 0.5) is 5.69 Å². The molecule has 2 heterocycles. The number of anilines is 1. The van der Waals surface area contributed by atoms with Crippen molar-refractivity contribution >= 4 is 11.6 Å². The number of nitrogens with zero attached hydrogens (tertiary/aromatic N) is 2. The predicted molar refractivity (Wildman–Crippen MR) is 92.0 cm³/mol. The van der Waals surface area contributed by atoms with Crippen LogP contribution in [0.2, 0.25) is 0 Å². The quantitative estimate of drug-likeness (QED) is 0.776. The fourth-order valence-corrected chi connectivity index (χ4v) is 2.32. The van der Waals surface area contributed by atoms with Gasteiger partial charge in [-0.3, -0.25) is 14.6 Å². The molecule has 3 aromatic rings. The summed E-state index contributed by atoms with van der Waals surface area (Å²) in [4.78, 5) is 34.9. The van der Waals surface area contributed by atoms with E-state index >= 15 is 0 Å². The summed E-state index contributed by atoms with van der Waals surface area (Å²) in [7, 11) is 0. The van der Waals surface area contributed by atoms with Crippen molar-refractivity contribution < 1.29 is 4.79 Å². The van der Waals surface area contributed by atoms with Crippen molar-refractivity contribution in [3.63, 3.8) is 0 Å². The highest BCUT2D eigenvalue weighted by atomic mass is 16.2. The van der Waals surface area contributed by atoms with Crippen LogP contribution in [-0.4, -0.2) is 20.9 Å². The number of benzene rings is 1. The monoisotopic (exact) mass is 320 g/mol. The smallest absolute Gasteiger partial charge is 0.274 e. The van der Waals surface area contributed by atoms with Crippen LogP contribution in [-0.2, 0) is 0 Å². The van der Waals surface area contributed by atoms with Crippen LogP contribution >= 0.6 is 0 Å². The molecule has 120 valence electrons. The van der Waals surface area contributed by atoms with Crippen molar-refractivity contribution in [2.45, 2.75) is 13.8 Å². The average molecular weight is 320 g/mol. The number of hydrogen-bond acceptors (Lipinski definition) is 4. The number of hydrogen-bond donors (Lipinski definition) is 2. The Hall–Kier alpha value is -3.28. The highest BCUT2D eigenvalue weighted by Gasteiger charge is 2.09. The lowest BCUT2D eigenvalue weighted by Gasteiger charge is -2.07. The van der Waals surface area contributed by atoms with E-state index in [0.717, 1.165) is 5.56 Å². The van der Waals surface area contributed by atoms with Crippen LogP contribution in [0, 0.1) is 13.8 Å². The molecule has 0 bridgehead atoms. The van der Waals surface area contributed by atoms with E-state index in [1.807, 2.05) is 19.1 Å². The van der Waals surface area contributed by atoms with Gasteiger partial charge in [0.15, 0.2) is 0 Å². The molecule has 3 rings (SSSR count). The minimum Gasteiger partial charge on any atom is -0.321 e. The van der Waals surface area contributed by atoms with Gasteiger partial charge in [0.2, 0.25) is 0 Å². The highest BCUT2D eigenvalue weighted by molar-refractivity contribution is 6.03. The first-order valence-corrected chi connectivity index (χ1v) is 7.44. The second-order valence-electron chi connectivity index (χ2n) is 5.49. The minimum absolute atomic E-state index is 0.212. The van der Waals surface area contributed by atoms with Crippen molar-refractivity contribution in [2.75, 3.05) is 5.32 Å². The van der Waals surface area contributed by atoms with Gasteiger partial charge in [0.1, 0.15) is 11.5 Å². The molecule has 0 saturated heterocycles. The lowest BCUT2D eigenvalue weighted by atomic mass is 10.1. The summed E-state index contributed by atoms with van der Waals surface area (Å²) in [5, 5.41) is 2.80. The van der Waals surface area contributed by atoms with E-state index in [-0.39, 0.29) is 11.5 Å². The number of carbonyl (C=O) groups excluding carboxylic acids is 1. The SMILES string of the molecule is Cc1ccnc(C(=O)Nc2cccc(-c3nc(C)cc(=O)[nH]3)c2)c1. The van der Waals surface area contributed by atoms with E-state index in [4.69, 9.17) is 0 Å². The van der Waals surface area contributed by atoms with Gasteiger partial charge in [-0.1, -0.05) is 12.1 Å². The minimum atomic E-state index is -0.290. The number of aromatic nitrogens is 3. The number of H-pyrrole nitrogens is 1. The molecule has 0 atom stereocenters. The van der Waals surface area contributed by atoms with E-state index in [2.05, 4.69) is 20.3 Å². The van der Waals surface area contributed by atoms with Crippen LogP contribution < -0.4 is 10.9 Å². The van der Waals surface area contributed by atoms with Gasteiger partial charge in [-0.2, -0.15) is 0 Å². The van der Waals surface area contributed by atoms with Gasteiger partial charge in [-0.05, 0) is 43.7 Å². The molecule has 0 saturated carbocycles. The van der Waals surface area contributed by atoms with Crippen molar-refractivity contribution in [2.24, 2.45) is 0 Å². The van der Waals surface area contributed by atoms with Gasteiger partial charge in [-0.25, -0.2) is 4.98 Å². The van der Waals surface area contributed by atoms with Gasteiger partial charge < -0.3 is 10.3 Å². The lowest BCUT2D eigenvalue weighted by molar-refractivity contribution is 0.102. The Labute approximate surface area is 138 Å². The third-order valence-corrected chi connectivity index (χ3v) is 3.41. The molecule has 0 spiro atoms. The predicted octanol–water partition coefficient (Wildman–Crippen LogP) is 2.70. The lowest BCUT2D eigenvalue weighted by Crippen LogP contribution is -2.14. The molecule has 6 heteroatoms. The standard InChI is InChI=1S/C18H16N4O2/c1-11-6-7-19-15(8-11)18(24)21-14-5-3-4-13(10-14)17-20-12(2)9-16(23)22-17/h3-10H,1-2H3,(H,21,24)(H,20,22,23). The summed E-state index contributed by atoms with van der Waals surface area (Å²) < 4.78 is 0. The Morgan fingerprint density at radius 2 is 1.96 bits per heavy atom. The van der Waals surface area contributed by atoms with E-state index in [9.17, 15) is 9.59 Å². The van der Waals surface area contributed by atoms with Gasteiger partial charge >= 0.3 is 0 Å². The van der Waals surface area contributed by atoms with Crippen molar-refractivity contribution in [1.82, 2.24) is 15.0 Å². The normalized spacial score (nSPS) is 10.4. The maximum atomic E-state index is 12.3. The molecular weight excluding hydrogens is 304 g/mol. The zero-order valence-electron chi connectivity index (χ0n) is 13.3. The third-order valence-electron chi connectivity index (χ3n) is 3.41. The summed E-state index contributed by atoms with van der Waals surface area (Å²) >= 11 is 0. The fourth-order valence-electron chi connectivity index (χ4n) is 2.32. The molecule has 0 aliphatic carbocycles. The third kappa shape index (κ3) is 3.55. The van der Waals surface area contributed by atoms with Gasteiger partial charge in [0, 0.05) is 29.2 Å². The molecule has 0 aliphatic heterocycles. The van der Waals surface area contributed by atoms with Crippen molar-refractivity contribution in [3.8, 4) is 11.4 Å². The van der Waals surface area contributed by atoms with E-state index in [1.165, 1.54) is 6.07 Å². The fraction of sp³-hybridized carbons (Fsp3) is 0.111. The van der Waals surface area contributed by atoms with Crippen LogP contribution in [0.1, 0.15) is 21.7 Å². The topological polar surface area (TPSA) is 87.7 Å². The van der Waals surface area contributed by atoms with Gasteiger partial charge in [-0.15, -0.1) is 0 Å². The maximum Gasteiger partial charge on any atom is 0.274 e. The Morgan fingerprint density at radius 1 is 1.12 bits per heavy atom. The van der Waals surface area contributed by atoms with E-state index in [0.29, 0.717) is 28.5 Å². The second kappa shape index (κ2) is 6.45. The second-order valence-corrected chi connectivity index (χ2v) is 5.49. The van der Waals surface area contributed by atoms with Crippen LogP contribution in [0.15, 0.2) is 53.5 Å². The largest absolute Gasteiger partial charge is 0.321 e. The summed E-state index contributed by atoms with van der Waals surface area (Å²) in [6.45, 7) is 3.66. The summed E-state index contributed by atoms with van der Waals surface area (Å²) in [5.41, 5.74) is 3.05. The zero-order valence-corrected chi connectivity index (χ0v) is 13.3. The number of pyridine rings is 1. The van der Waals surface area contributed by atoms with Crippen molar-refractivity contribution in [1.29, 1.82) is 0 Å². The zero-order chi connectivity index (χ0) is 17.1. The molecule has 2 aromatic heterocycles. The van der Waals surface area contributed by atoms with Gasteiger partial charge in [0.25, 0.3) is 11.5 Å². The molecule has 6 nitrogen and oxygen atoms in total. The first-order valence-electron chi connectivity index (χ1n) is 7.44. The highest BCUT2D eigenvalue weighted by Crippen LogP contribution is 2.19. The summed E-state index contributed by atoms with van der Waals surface area (Å²) in [5.74, 6) is 0.173. The molecule has 0 aliphatic rings. The number of rotatable bonds is 3. The van der Waals surface area contributed by atoms with Crippen LogP contribution in [0.5, 0.6) is 0 Å². The molecule has 0 radical (unpaired) electrons. The van der Waals surface area contributed by atoms with Crippen LogP contribution in [0.3, 0.4) is 0 Å². The summed E-state index contributed by atoms with van der Waals surface area (Å²) in [6, 6.07) is 12.1. The Bertz CT molecular complexity index is 963. The first kappa shape index (κ1) is 15.6. The van der Waals surface area contributed by atoms with Gasteiger partial charge in [0.05, 0.1) is 0 Å². The Kier molecular flexibility index (Phi) is 4.20. The average Bonchev–Trinajstić information content (AvgIpc) is 2.54. The molecule has 1 aromatic carbocycles. The van der Waals surface area contributed by atoms with E-state index in [1.54, 1.807) is 37.4 Å². The Morgan fingerprint density at radius 3 is 2.71 bits per heavy atom. The number of nitrogens with one attached hydrogen (secondary N) is 2. The Balaban J connectivity index is 1.88. The van der Waals surface area contributed by atoms with Crippen LogP contribution in [0.25, 0.3) is 11.4 Å². The molecule has 24 heavy (non-hydrogen) atoms. The molecular formula is C18H16N4O2. The maximum absolute atomic E-state index is 12.3. The number of amides is 1. The first-order chi connectivity index (χ1) is 11.5. The molecule has 0 unspecified atom stereocenters. The number of carbonyl (C=O) groups is 1. The number of aryl methyl sites for hydroxylation is 2. The van der Waals surface area contributed by atoms with Crippen molar-refractivity contribution in [3.05, 3.63) is 76.0 Å². The molecule has 1 amide bonds. The number of aromatic amines is 1.